The van der Waals surface area contributed by atoms with Crippen molar-refractivity contribution in [2.45, 2.75) is 12.1 Å². The lowest BCUT2D eigenvalue weighted by atomic mass is 10.0. The summed E-state index contributed by atoms with van der Waals surface area (Å²) in [6, 6.07) is 11.7. The summed E-state index contributed by atoms with van der Waals surface area (Å²) >= 11 is 1.25. The van der Waals surface area contributed by atoms with Gasteiger partial charge in [-0.25, -0.2) is 4.98 Å². The van der Waals surface area contributed by atoms with E-state index < -0.39 is 41.2 Å². The number of carbonyl (C=O) groups excluding carboxylic acids is 2. The Balaban J connectivity index is 1.89. The summed E-state index contributed by atoms with van der Waals surface area (Å²) in [5.74, 6) is -1.21. The van der Waals surface area contributed by atoms with Crippen LogP contribution >= 0.6 is 11.3 Å². The van der Waals surface area contributed by atoms with Crippen LogP contribution in [0.4, 0.5) is 16.5 Å². The van der Waals surface area contributed by atoms with Crippen molar-refractivity contribution >= 4 is 39.7 Å². The van der Waals surface area contributed by atoms with Gasteiger partial charge in [-0.05, 0) is 17.7 Å². The Labute approximate surface area is 192 Å². The van der Waals surface area contributed by atoms with Crippen molar-refractivity contribution in [2.75, 3.05) is 23.8 Å². The number of thiazole rings is 1. The third-order valence-electron chi connectivity index (χ3n) is 4.52. The number of aliphatic hydroxyl groups excluding tert-OH is 2. The smallest absolute Gasteiger partial charge is 0.282 e. The lowest BCUT2D eigenvalue weighted by Crippen LogP contribution is -2.34. The second-order valence-electron chi connectivity index (χ2n) is 6.85. The summed E-state index contributed by atoms with van der Waals surface area (Å²) in [4.78, 5) is 40.2. The molecule has 3 rings (SSSR count). The zero-order valence-corrected chi connectivity index (χ0v) is 18.0. The molecule has 0 aliphatic heterocycles. The van der Waals surface area contributed by atoms with Gasteiger partial charge in [0.15, 0.2) is 5.13 Å². The molecule has 2 atom stereocenters. The second kappa shape index (κ2) is 11.1. The van der Waals surface area contributed by atoms with Crippen LogP contribution < -0.4 is 16.0 Å². The maximum Gasteiger partial charge on any atom is 0.282 e. The minimum atomic E-state index is -1.20. The van der Waals surface area contributed by atoms with E-state index in [4.69, 9.17) is 5.11 Å². The van der Waals surface area contributed by atoms with Crippen LogP contribution in [0.5, 0.6) is 0 Å². The van der Waals surface area contributed by atoms with E-state index in [-0.39, 0.29) is 17.8 Å². The van der Waals surface area contributed by atoms with E-state index in [9.17, 15) is 24.8 Å². The van der Waals surface area contributed by atoms with E-state index in [1.165, 1.54) is 23.5 Å². The first-order valence-electron chi connectivity index (χ1n) is 9.76. The van der Waals surface area contributed by atoms with E-state index in [0.717, 1.165) is 6.07 Å². The van der Waals surface area contributed by atoms with Gasteiger partial charge in [-0.15, -0.1) is 11.3 Å². The number of anilines is 2. The predicted molar refractivity (Wildman–Crippen MR) is 122 cm³/mol. The largest absolute Gasteiger partial charge is 0.394 e. The Morgan fingerprint density at radius 1 is 1.18 bits per heavy atom. The maximum atomic E-state index is 13.0. The number of hydrogen-bond donors (Lipinski definition) is 5. The molecule has 0 radical (unpaired) electrons. The number of hydrogen-bond acceptors (Lipinski definition) is 9. The van der Waals surface area contributed by atoms with Gasteiger partial charge < -0.3 is 20.8 Å². The Morgan fingerprint density at radius 2 is 1.94 bits per heavy atom. The summed E-state index contributed by atoms with van der Waals surface area (Å²) in [5.41, 5.74) is 0.209. The van der Waals surface area contributed by atoms with Crippen LogP contribution in [0.25, 0.3) is 0 Å². The minimum absolute atomic E-state index is 0.262. The number of rotatable bonds is 10. The Morgan fingerprint density at radius 3 is 2.58 bits per heavy atom. The van der Waals surface area contributed by atoms with Crippen LogP contribution in [0.1, 0.15) is 22.0 Å². The zero-order chi connectivity index (χ0) is 23.8. The average molecular weight is 471 g/mol. The molecule has 0 spiro atoms. The highest BCUT2D eigenvalue weighted by Gasteiger charge is 2.25. The number of nitrogens with zero attached hydrogens (tertiary/aromatic N) is 2. The monoisotopic (exact) mass is 471 g/mol. The number of nitrogens with one attached hydrogen (secondary N) is 3. The van der Waals surface area contributed by atoms with Crippen molar-refractivity contribution in [1.29, 1.82) is 0 Å². The number of carbonyl (C=O) groups is 2. The Bertz CT molecular complexity index is 1110. The molecular formula is C21H21N5O6S. The fourth-order valence-electron chi connectivity index (χ4n) is 2.91. The molecule has 2 amide bonds. The van der Waals surface area contributed by atoms with Gasteiger partial charge in [-0.3, -0.25) is 25.0 Å². The number of benzene rings is 2. The van der Waals surface area contributed by atoms with E-state index in [1.54, 1.807) is 41.9 Å². The van der Waals surface area contributed by atoms with Crippen molar-refractivity contribution in [2.24, 2.45) is 0 Å². The summed E-state index contributed by atoms with van der Waals surface area (Å²) in [7, 11) is 0. The van der Waals surface area contributed by atoms with Crippen molar-refractivity contribution < 1.29 is 24.7 Å². The normalized spacial score (nSPS) is 12.4. The summed E-state index contributed by atoms with van der Waals surface area (Å²) in [6.45, 7) is -0.857. The summed E-state index contributed by atoms with van der Waals surface area (Å²) < 4.78 is 0. The molecule has 0 aliphatic rings. The number of aromatic nitrogens is 1. The first kappa shape index (κ1) is 23.8. The lowest BCUT2D eigenvalue weighted by molar-refractivity contribution is -0.385. The molecule has 12 heteroatoms. The average Bonchev–Trinajstić information content (AvgIpc) is 3.33. The first-order valence-corrected chi connectivity index (χ1v) is 10.6. The highest BCUT2D eigenvalue weighted by molar-refractivity contribution is 7.13. The highest BCUT2D eigenvalue weighted by Crippen LogP contribution is 2.27. The standard InChI is InChI=1S/C21H21N5O6S/c27-12-15(28)11-23-19(29)16-10-14(6-7-17(16)26(31)32)24-18(13-4-2-1-3-5-13)20(30)25-21-22-8-9-33-21/h1-10,15,18,24,27-28H,11-12H2,(H,23,29)(H,22,25,30). The lowest BCUT2D eigenvalue weighted by Gasteiger charge is -2.20. The first-order chi connectivity index (χ1) is 15.9. The quantitative estimate of drug-likeness (QED) is 0.221. The minimum Gasteiger partial charge on any atom is -0.394 e. The van der Waals surface area contributed by atoms with Crippen molar-refractivity contribution in [3.05, 3.63) is 81.3 Å². The number of nitro groups is 1. The third kappa shape index (κ3) is 6.32. The highest BCUT2D eigenvalue weighted by atomic mass is 32.1. The van der Waals surface area contributed by atoms with Crippen LogP contribution in [-0.4, -0.2) is 51.2 Å². The molecule has 0 fully saturated rings. The molecule has 33 heavy (non-hydrogen) atoms. The molecule has 2 unspecified atom stereocenters. The number of aliphatic hydroxyl groups is 2. The van der Waals surface area contributed by atoms with Crippen LogP contribution in [0.2, 0.25) is 0 Å². The molecule has 1 aromatic heterocycles. The fourth-order valence-corrected chi connectivity index (χ4v) is 3.44. The van der Waals surface area contributed by atoms with Gasteiger partial charge in [0.25, 0.3) is 17.5 Å². The maximum absolute atomic E-state index is 13.0. The van der Waals surface area contributed by atoms with Gasteiger partial charge in [0.1, 0.15) is 11.6 Å². The van der Waals surface area contributed by atoms with E-state index in [0.29, 0.717) is 10.7 Å². The van der Waals surface area contributed by atoms with Gasteiger partial charge in [-0.1, -0.05) is 30.3 Å². The zero-order valence-electron chi connectivity index (χ0n) is 17.2. The second-order valence-corrected chi connectivity index (χ2v) is 7.74. The molecule has 1 heterocycles. The van der Waals surface area contributed by atoms with E-state index in [2.05, 4.69) is 20.9 Å². The molecule has 5 N–H and O–H groups in total. The number of amides is 2. The topological polar surface area (TPSA) is 167 Å². The summed E-state index contributed by atoms with van der Waals surface area (Å²) in [6.07, 6.45) is 0.353. The van der Waals surface area contributed by atoms with Crippen LogP contribution in [-0.2, 0) is 4.79 Å². The molecular weight excluding hydrogens is 450 g/mol. The fraction of sp³-hybridized carbons (Fsp3) is 0.190. The van der Waals surface area contributed by atoms with Crippen LogP contribution in [0.15, 0.2) is 60.1 Å². The molecule has 0 bridgehead atoms. The Kier molecular flexibility index (Phi) is 8.02. The van der Waals surface area contributed by atoms with E-state index >= 15 is 0 Å². The van der Waals surface area contributed by atoms with Crippen molar-refractivity contribution in [3.63, 3.8) is 0 Å². The van der Waals surface area contributed by atoms with Crippen molar-refractivity contribution in [1.82, 2.24) is 10.3 Å². The molecule has 11 nitrogen and oxygen atoms in total. The molecule has 3 aromatic rings. The predicted octanol–water partition coefficient (Wildman–Crippen LogP) is 1.93. The van der Waals surface area contributed by atoms with Crippen LogP contribution in [0, 0.1) is 10.1 Å². The molecule has 0 saturated heterocycles. The Hall–Kier alpha value is -3.87. The van der Waals surface area contributed by atoms with Crippen LogP contribution in [0.3, 0.4) is 0 Å². The van der Waals surface area contributed by atoms with Gasteiger partial charge in [0, 0.05) is 29.9 Å². The molecule has 2 aromatic carbocycles. The van der Waals surface area contributed by atoms with Gasteiger partial charge in [0.05, 0.1) is 17.6 Å². The third-order valence-corrected chi connectivity index (χ3v) is 5.20. The molecule has 0 saturated carbocycles. The van der Waals surface area contributed by atoms with Gasteiger partial charge >= 0.3 is 0 Å². The van der Waals surface area contributed by atoms with Gasteiger partial charge in [0.2, 0.25) is 0 Å². The van der Waals surface area contributed by atoms with Crippen molar-refractivity contribution in [3.8, 4) is 0 Å². The molecule has 172 valence electrons. The molecule has 0 aliphatic carbocycles. The van der Waals surface area contributed by atoms with Gasteiger partial charge in [-0.2, -0.15) is 0 Å². The number of nitro benzene ring substituents is 1. The van der Waals surface area contributed by atoms with E-state index in [1.807, 2.05) is 0 Å². The summed E-state index contributed by atoms with van der Waals surface area (Å²) in [5, 5.41) is 39.9. The SMILES string of the molecule is O=C(NCC(O)CO)c1cc(NC(C(=O)Nc2nccs2)c2ccccc2)ccc1[N+](=O)[O-].